The van der Waals surface area contributed by atoms with E-state index in [1.807, 2.05) is 15.7 Å². The first kappa shape index (κ1) is 25.3. The number of aliphatic hydroxyl groups is 1. The normalized spacial score (nSPS) is 21.9. The average Bonchev–Trinajstić information content (AvgIpc) is 3.31. The second kappa shape index (κ2) is 10.9. The predicted molar refractivity (Wildman–Crippen MR) is 121 cm³/mol. The van der Waals surface area contributed by atoms with Crippen LogP contribution in [0.4, 0.5) is 18.0 Å². The summed E-state index contributed by atoms with van der Waals surface area (Å²) in [6.07, 6.45) is 0.405. The summed E-state index contributed by atoms with van der Waals surface area (Å²) in [5, 5.41) is 9.81. The number of urea groups is 1. The molecule has 4 rings (SSSR count). The van der Waals surface area contributed by atoms with Gasteiger partial charge in [-0.05, 0) is 37.0 Å². The molecular formula is C24H31F3N4O4. The summed E-state index contributed by atoms with van der Waals surface area (Å²) in [5.74, 6) is -0.370. The van der Waals surface area contributed by atoms with Crippen LogP contribution in [-0.2, 0) is 11.3 Å². The van der Waals surface area contributed by atoms with Gasteiger partial charge in [0.25, 0.3) is 0 Å². The van der Waals surface area contributed by atoms with Crippen molar-refractivity contribution in [2.75, 3.05) is 39.9 Å². The van der Waals surface area contributed by atoms with Crippen molar-refractivity contribution < 1.29 is 32.5 Å². The van der Waals surface area contributed by atoms with Gasteiger partial charge >= 0.3 is 12.4 Å². The summed E-state index contributed by atoms with van der Waals surface area (Å²) < 4.78 is 48.7. The topological polar surface area (TPSA) is 80.1 Å². The molecule has 1 aromatic heterocycles. The second-order valence-electron chi connectivity index (χ2n) is 9.18. The predicted octanol–water partition coefficient (Wildman–Crippen LogP) is 3.58. The van der Waals surface area contributed by atoms with E-state index in [0.717, 1.165) is 11.3 Å². The molecule has 2 saturated heterocycles. The number of methoxy groups -OCH3 is 1. The summed E-state index contributed by atoms with van der Waals surface area (Å²) in [7, 11) is 1.64. The highest BCUT2D eigenvalue weighted by Crippen LogP contribution is 2.37. The summed E-state index contributed by atoms with van der Waals surface area (Å²) in [6.45, 7) is 3.19. The van der Waals surface area contributed by atoms with Gasteiger partial charge in [-0.25, -0.2) is 9.78 Å². The molecule has 2 atom stereocenters. The Bertz CT molecular complexity index is 974. The van der Waals surface area contributed by atoms with Crippen LogP contribution in [0.25, 0.3) is 0 Å². The van der Waals surface area contributed by atoms with E-state index in [1.165, 1.54) is 12.1 Å². The second-order valence-corrected chi connectivity index (χ2v) is 9.18. The van der Waals surface area contributed by atoms with E-state index < -0.39 is 6.36 Å². The molecule has 0 spiro atoms. The zero-order chi connectivity index (χ0) is 25.0. The smallest absolute Gasteiger partial charge is 0.406 e. The van der Waals surface area contributed by atoms with Gasteiger partial charge in [0.15, 0.2) is 0 Å². The molecule has 2 amide bonds. The number of hydrogen-bond donors (Lipinski definition) is 1. The molecule has 35 heavy (non-hydrogen) atoms. The molecule has 11 heteroatoms. The monoisotopic (exact) mass is 496 g/mol. The summed E-state index contributed by atoms with van der Waals surface area (Å²) in [6, 6.07) is 5.80. The van der Waals surface area contributed by atoms with E-state index in [0.29, 0.717) is 58.6 Å². The number of carbonyl (C=O) groups is 1. The van der Waals surface area contributed by atoms with Crippen LogP contribution in [0.5, 0.6) is 5.75 Å². The van der Waals surface area contributed by atoms with Gasteiger partial charge in [-0.3, -0.25) is 0 Å². The number of halogens is 3. The highest BCUT2D eigenvalue weighted by molar-refractivity contribution is 5.75. The molecule has 0 radical (unpaired) electrons. The first-order valence-electron chi connectivity index (χ1n) is 11.8. The van der Waals surface area contributed by atoms with Gasteiger partial charge in [0, 0.05) is 57.9 Å². The van der Waals surface area contributed by atoms with Gasteiger partial charge in [-0.2, -0.15) is 0 Å². The van der Waals surface area contributed by atoms with Gasteiger partial charge in [0.1, 0.15) is 5.75 Å². The van der Waals surface area contributed by atoms with Gasteiger partial charge in [0.2, 0.25) is 0 Å². The molecule has 2 unspecified atom stereocenters. The SMILES string of the molecule is COCCn1cnc(C2CC(c3ccc(OC(F)(F)F)cc3)CN(C(=O)N3CCC(O)CC3)C2)c1. The Morgan fingerprint density at radius 2 is 1.80 bits per heavy atom. The number of alkyl halides is 3. The van der Waals surface area contributed by atoms with Crippen LogP contribution in [0.1, 0.15) is 42.4 Å². The molecule has 0 saturated carbocycles. The molecule has 2 aliphatic heterocycles. The maximum absolute atomic E-state index is 13.4. The Morgan fingerprint density at radius 1 is 1.11 bits per heavy atom. The fourth-order valence-corrected chi connectivity index (χ4v) is 4.82. The maximum atomic E-state index is 13.4. The summed E-state index contributed by atoms with van der Waals surface area (Å²) in [5.41, 5.74) is 1.71. The zero-order valence-corrected chi connectivity index (χ0v) is 19.7. The minimum absolute atomic E-state index is 0.0250. The molecule has 0 bridgehead atoms. The van der Waals surface area contributed by atoms with Crippen molar-refractivity contribution in [3.05, 3.63) is 48.0 Å². The third-order valence-electron chi connectivity index (χ3n) is 6.67. The summed E-state index contributed by atoms with van der Waals surface area (Å²) in [4.78, 5) is 21.5. The highest BCUT2D eigenvalue weighted by Gasteiger charge is 2.36. The lowest BCUT2D eigenvalue weighted by Crippen LogP contribution is -2.51. The van der Waals surface area contributed by atoms with Crippen LogP contribution < -0.4 is 4.74 Å². The molecule has 8 nitrogen and oxygen atoms in total. The number of ether oxygens (including phenoxy) is 2. The van der Waals surface area contributed by atoms with Gasteiger partial charge in [-0.1, -0.05) is 12.1 Å². The molecule has 2 aromatic rings. The largest absolute Gasteiger partial charge is 0.573 e. The number of imidazole rings is 1. The van der Waals surface area contributed by atoms with E-state index in [-0.39, 0.29) is 29.7 Å². The fourth-order valence-electron chi connectivity index (χ4n) is 4.82. The van der Waals surface area contributed by atoms with Crippen LogP contribution in [0.15, 0.2) is 36.8 Å². The van der Waals surface area contributed by atoms with E-state index in [1.54, 1.807) is 30.5 Å². The molecule has 1 N–H and O–H groups in total. The molecule has 192 valence electrons. The Morgan fingerprint density at radius 3 is 2.46 bits per heavy atom. The Balaban J connectivity index is 1.53. The van der Waals surface area contributed by atoms with Crippen molar-refractivity contribution in [2.24, 2.45) is 0 Å². The van der Waals surface area contributed by atoms with Crippen LogP contribution in [0.3, 0.4) is 0 Å². The molecule has 2 fully saturated rings. The van der Waals surface area contributed by atoms with Crippen molar-refractivity contribution in [1.29, 1.82) is 0 Å². The van der Waals surface area contributed by atoms with Gasteiger partial charge < -0.3 is 28.9 Å². The van der Waals surface area contributed by atoms with Crippen molar-refractivity contribution in [1.82, 2.24) is 19.4 Å². The standard InChI is InChI=1S/C24H31F3N4O4/c1-34-11-10-29-15-22(28-16-29)19-12-18(17-2-4-21(5-3-17)35-24(25,26)27)13-31(14-19)23(33)30-8-6-20(32)7-9-30/h2-5,15-16,18-20,32H,6-14H2,1H3. The number of hydrogen-bond acceptors (Lipinski definition) is 5. The first-order valence-corrected chi connectivity index (χ1v) is 11.8. The molecule has 1 aromatic carbocycles. The number of aromatic nitrogens is 2. The van der Waals surface area contributed by atoms with E-state index in [4.69, 9.17) is 4.74 Å². The molecular weight excluding hydrogens is 465 g/mol. The molecule has 2 aliphatic rings. The lowest BCUT2D eigenvalue weighted by atomic mass is 9.83. The quantitative estimate of drug-likeness (QED) is 0.662. The number of aliphatic hydroxyl groups excluding tert-OH is 1. The van der Waals surface area contributed by atoms with Crippen molar-refractivity contribution >= 4 is 6.03 Å². The van der Waals surface area contributed by atoms with Crippen molar-refractivity contribution in [3.8, 4) is 5.75 Å². The van der Waals surface area contributed by atoms with Crippen LogP contribution in [-0.4, -0.2) is 82.9 Å². The van der Waals surface area contributed by atoms with Gasteiger partial charge in [-0.15, -0.1) is 13.2 Å². The van der Waals surface area contributed by atoms with Crippen molar-refractivity contribution in [2.45, 2.75) is 50.1 Å². The number of benzene rings is 1. The number of carbonyl (C=O) groups excluding carboxylic acids is 1. The zero-order valence-electron chi connectivity index (χ0n) is 19.7. The number of piperidine rings is 2. The minimum atomic E-state index is -4.75. The van der Waals surface area contributed by atoms with Gasteiger partial charge in [0.05, 0.1) is 24.7 Å². The fraction of sp³-hybridized carbons (Fsp3) is 0.583. The van der Waals surface area contributed by atoms with Crippen LogP contribution >= 0.6 is 0 Å². The number of rotatable bonds is 6. The third kappa shape index (κ3) is 6.66. The first-order chi connectivity index (χ1) is 16.7. The average molecular weight is 497 g/mol. The molecule has 0 aliphatic carbocycles. The maximum Gasteiger partial charge on any atom is 0.573 e. The Labute approximate surface area is 202 Å². The Kier molecular flexibility index (Phi) is 7.85. The highest BCUT2D eigenvalue weighted by atomic mass is 19.4. The van der Waals surface area contributed by atoms with E-state index >= 15 is 0 Å². The Hall–Kier alpha value is -2.79. The van der Waals surface area contributed by atoms with E-state index in [2.05, 4.69) is 9.72 Å². The minimum Gasteiger partial charge on any atom is -0.406 e. The van der Waals surface area contributed by atoms with E-state index in [9.17, 15) is 23.1 Å². The van der Waals surface area contributed by atoms with Crippen LogP contribution in [0, 0.1) is 0 Å². The lowest BCUT2D eigenvalue weighted by Gasteiger charge is -2.41. The van der Waals surface area contributed by atoms with Crippen molar-refractivity contribution in [3.63, 3.8) is 0 Å². The summed E-state index contributed by atoms with van der Waals surface area (Å²) >= 11 is 0. The number of nitrogens with zero attached hydrogens (tertiary/aromatic N) is 4. The van der Waals surface area contributed by atoms with Crippen LogP contribution in [0.2, 0.25) is 0 Å². The number of amides is 2. The third-order valence-corrected chi connectivity index (χ3v) is 6.67. The lowest BCUT2D eigenvalue weighted by molar-refractivity contribution is -0.274. The number of likely N-dealkylation sites (tertiary alicyclic amines) is 2. The molecule has 3 heterocycles.